The second kappa shape index (κ2) is 6.55. The fourth-order valence-electron chi connectivity index (χ4n) is 2.54. The molecule has 1 saturated heterocycles. The van der Waals surface area contributed by atoms with E-state index in [0.717, 1.165) is 25.3 Å². The van der Waals surface area contributed by atoms with Crippen LogP contribution in [-0.4, -0.2) is 30.2 Å². The molecule has 1 aromatic rings. The summed E-state index contributed by atoms with van der Waals surface area (Å²) in [4.78, 5) is 6.78. The van der Waals surface area contributed by atoms with Crippen molar-refractivity contribution in [2.75, 3.05) is 18.0 Å². The largest absolute Gasteiger partial charge is 0.357 e. The third-order valence-electron chi connectivity index (χ3n) is 3.51. The van der Waals surface area contributed by atoms with Gasteiger partial charge in [0.15, 0.2) is 0 Å². The van der Waals surface area contributed by atoms with Gasteiger partial charge in [0.2, 0.25) is 0 Å². The monoisotopic (exact) mass is 245 g/mol. The molecule has 2 rings (SSSR count). The molecule has 1 aromatic heterocycles. The SMILES string of the molecule is C=CCC(C)NC1CCN(c2ccccn2)CC1. The normalized spacial score (nSPS) is 18.6. The van der Waals surface area contributed by atoms with Gasteiger partial charge in [-0.2, -0.15) is 0 Å². The summed E-state index contributed by atoms with van der Waals surface area (Å²) in [7, 11) is 0. The number of nitrogens with one attached hydrogen (secondary N) is 1. The maximum atomic E-state index is 4.41. The fourth-order valence-corrected chi connectivity index (χ4v) is 2.54. The average Bonchev–Trinajstić information content (AvgIpc) is 2.41. The fraction of sp³-hybridized carbons (Fsp3) is 0.533. The molecule has 0 aliphatic carbocycles. The van der Waals surface area contributed by atoms with E-state index in [1.165, 1.54) is 12.8 Å². The molecule has 0 radical (unpaired) electrons. The van der Waals surface area contributed by atoms with E-state index in [1.807, 2.05) is 18.3 Å². The molecule has 18 heavy (non-hydrogen) atoms. The number of piperidine rings is 1. The van der Waals surface area contributed by atoms with Crippen molar-refractivity contribution in [3.63, 3.8) is 0 Å². The first-order valence-electron chi connectivity index (χ1n) is 6.82. The molecular formula is C15H23N3. The van der Waals surface area contributed by atoms with Crippen LogP contribution < -0.4 is 10.2 Å². The second-order valence-corrected chi connectivity index (χ2v) is 5.04. The van der Waals surface area contributed by atoms with Gasteiger partial charge in [0.25, 0.3) is 0 Å². The topological polar surface area (TPSA) is 28.2 Å². The predicted molar refractivity (Wildman–Crippen MR) is 76.9 cm³/mol. The van der Waals surface area contributed by atoms with Crippen molar-refractivity contribution in [1.29, 1.82) is 0 Å². The molecule has 2 heterocycles. The quantitative estimate of drug-likeness (QED) is 0.808. The molecule has 0 bridgehead atoms. The van der Waals surface area contributed by atoms with E-state index in [1.54, 1.807) is 0 Å². The Morgan fingerprint density at radius 3 is 2.89 bits per heavy atom. The zero-order valence-electron chi connectivity index (χ0n) is 11.2. The van der Waals surface area contributed by atoms with E-state index < -0.39 is 0 Å². The lowest BCUT2D eigenvalue weighted by molar-refractivity contribution is 0.376. The molecule has 1 N–H and O–H groups in total. The Labute approximate surface area is 110 Å². The summed E-state index contributed by atoms with van der Waals surface area (Å²) in [6.07, 6.45) is 7.28. The van der Waals surface area contributed by atoms with Crippen LogP contribution >= 0.6 is 0 Å². The molecule has 0 aromatic carbocycles. The van der Waals surface area contributed by atoms with Crippen LogP contribution in [0.3, 0.4) is 0 Å². The molecule has 1 aliphatic rings. The van der Waals surface area contributed by atoms with Gasteiger partial charge in [-0.25, -0.2) is 4.98 Å². The van der Waals surface area contributed by atoms with Gasteiger partial charge in [-0.15, -0.1) is 6.58 Å². The van der Waals surface area contributed by atoms with E-state index >= 15 is 0 Å². The van der Waals surface area contributed by atoms with Crippen LogP contribution in [0.5, 0.6) is 0 Å². The number of aromatic nitrogens is 1. The summed E-state index contributed by atoms with van der Waals surface area (Å²) in [5, 5.41) is 3.67. The van der Waals surface area contributed by atoms with Crippen molar-refractivity contribution in [2.45, 2.75) is 38.3 Å². The summed E-state index contributed by atoms with van der Waals surface area (Å²) in [5.74, 6) is 1.11. The van der Waals surface area contributed by atoms with E-state index in [9.17, 15) is 0 Å². The first kappa shape index (κ1) is 13.1. The lowest BCUT2D eigenvalue weighted by Gasteiger charge is -2.34. The molecule has 1 atom stereocenters. The zero-order chi connectivity index (χ0) is 12.8. The number of anilines is 1. The van der Waals surface area contributed by atoms with Gasteiger partial charge in [-0.3, -0.25) is 0 Å². The number of nitrogens with zero attached hydrogens (tertiary/aromatic N) is 2. The van der Waals surface area contributed by atoms with Gasteiger partial charge in [0.05, 0.1) is 0 Å². The number of pyridine rings is 1. The van der Waals surface area contributed by atoms with Crippen molar-refractivity contribution in [3.05, 3.63) is 37.1 Å². The first-order chi connectivity index (χ1) is 8.79. The Morgan fingerprint density at radius 2 is 2.28 bits per heavy atom. The molecule has 3 heteroatoms. The Bertz CT molecular complexity index is 355. The van der Waals surface area contributed by atoms with Gasteiger partial charge in [-0.1, -0.05) is 12.1 Å². The molecule has 1 fully saturated rings. The molecule has 0 amide bonds. The predicted octanol–water partition coefficient (Wildman–Crippen LogP) is 2.60. The summed E-state index contributed by atoms with van der Waals surface area (Å²) in [6.45, 7) is 8.20. The summed E-state index contributed by atoms with van der Waals surface area (Å²) in [5.41, 5.74) is 0. The summed E-state index contributed by atoms with van der Waals surface area (Å²) in [6, 6.07) is 7.29. The second-order valence-electron chi connectivity index (χ2n) is 5.04. The van der Waals surface area contributed by atoms with Crippen molar-refractivity contribution in [2.24, 2.45) is 0 Å². The van der Waals surface area contributed by atoms with Gasteiger partial charge in [-0.05, 0) is 38.3 Å². The lowest BCUT2D eigenvalue weighted by Crippen LogP contribution is -2.45. The van der Waals surface area contributed by atoms with Gasteiger partial charge >= 0.3 is 0 Å². The van der Waals surface area contributed by atoms with Crippen LogP contribution in [0.15, 0.2) is 37.1 Å². The minimum absolute atomic E-state index is 0.536. The van der Waals surface area contributed by atoms with E-state index in [4.69, 9.17) is 0 Å². The van der Waals surface area contributed by atoms with Crippen molar-refractivity contribution >= 4 is 5.82 Å². The number of rotatable bonds is 5. The Balaban J connectivity index is 1.79. The highest BCUT2D eigenvalue weighted by molar-refractivity contribution is 5.38. The van der Waals surface area contributed by atoms with Gasteiger partial charge < -0.3 is 10.2 Å². The highest BCUT2D eigenvalue weighted by atomic mass is 15.2. The number of hydrogen-bond acceptors (Lipinski definition) is 3. The van der Waals surface area contributed by atoms with Gasteiger partial charge in [0.1, 0.15) is 5.82 Å². The Kier molecular flexibility index (Phi) is 4.76. The highest BCUT2D eigenvalue weighted by Gasteiger charge is 2.20. The number of hydrogen-bond donors (Lipinski definition) is 1. The van der Waals surface area contributed by atoms with E-state index in [2.05, 4.69) is 40.8 Å². The highest BCUT2D eigenvalue weighted by Crippen LogP contribution is 2.17. The standard InChI is InChI=1S/C15H23N3/c1-3-6-13(2)17-14-8-11-18(12-9-14)15-7-4-5-10-16-15/h3-5,7,10,13-14,17H,1,6,8-9,11-12H2,2H3. The van der Waals surface area contributed by atoms with Crippen LogP contribution in [0.1, 0.15) is 26.2 Å². The maximum absolute atomic E-state index is 4.41. The Morgan fingerprint density at radius 1 is 1.50 bits per heavy atom. The smallest absolute Gasteiger partial charge is 0.128 e. The van der Waals surface area contributed by atoms with E-state index in [-0.39, 0.29) is 0 Å². The molecular weight excluding hydrogens is 222 g/mol. The molecule has 0 spiro atoms. The van der Waals surface area contributed by atoms with Gasteiger partial charge in [0, 0.05) is 31.4 Å². The summed E-state index contributed by atoms with van der Waals surface area (Å²) < 4.78 is 0. The van der Waals surface area contributed by atoms with Crippen LogP contribution in [0.2, 0.25) is 0 Å². The Hall–Kier alpha value is -1.35. The molecule has 0 saturated carbocycles. The maximum Gasteiger partial charge on any atom is 0.128 e. The van der Waals surface area contributed by atoms with E-state index in [0.29, 0.717) is 12.1 Å². The minimum atomic E-state index is 0.536. The third-order valence-corrected chi connectivity index (χ3v) is 3.51. The van der Waals surface area contributed by atoms with Crippen molar-refractivity contribution in [3.8, 4) is 0 Å². The van der Waals surface area contributed by atoms with Crippen molar-refractivity contribution in [1.82, 2.24) is 10.3 Å². The van der Waals surface area contributed by atoms with Crippen LogP contribution in [0, 0.1) is 0 Å². The average molecular weight is 245 g/mol. The molecule has 1 aliphatic heterocycles. The van der Waals surface area contributed by atoms with Crippen LogP contribution in [0.4, 0.5) is 5.82 Å². The zero-order valence-corrected chi connectivity index (χ0v) is 11.2. The summed E-state index contributed by atoms with van der Waals surface area (Å²) >= 11 is 0. The lowest BCUT2D eigenvalue weighted by atomic mass is 10.0. The molecule has 3 nitrogen and oxygen atoms in total. The van der Waals surface area contributed by atoms with Crippen molar-refractivity contribution < 1.29 is 0 Å². The van der Waals surface area contributed by atoms with Crippen LogP contribution in [0.25, 0.3) is 0 Å². The van der Waals surface area contributed by atoms with Crippen LogP contribution in [-0.2, 0) is 0 Å². The molecule has 98 valence electrons. The first-order valence-corrected chi connectivity index (χ1v) is 6.82. The molecule has 1 unspecified atom stereocenters. The minimum Gasteiger partial charge on any atom is -0.357 e. The third kappa shape index (κ3) is 3.57.